The molecule has 2 atom stereocenters. The van der Waals surface area contributed by atoms with Gasteiger partial charge in [0.05, 0.1) is 5.02 Å². The number of amides is 1. The third-order valence-electron chi connectivity index (χ3n) is 3.27. The maximum absolute atomic E-state index is 12.2. The monoisotopic (exact) mass is 282 g/mol. The fourth-order valence-corrected chi connectivity index (χ4v) is 2.35. The van der Waals surface area contributed by atoms with Crippen LogP contribution >= 0.6 is 11.6 Å². The van der Waals surface area contributed by atoms with Crippen molar-refractivity contribution in [2.45, 2.75) is 32.4 Å². The molecule has 1 amide bonds. The van der Waals surface area contributed by atoms with Crippen LogP contribution < -0.4 is 10.5 Å². The van der Waals surface area contributed by atoms with Gasteiger partial charge < -0.3 is 15.4 Å². The molecular weight excluding hydrogens is 264 g/mol. The Morgan fingerprint density at radius 2 is 2.32 bits per heavy atom. The quantitative estimate of drug-likeness (QED) is 0.922. The van der Waals surface area contributed by atoms with Gasteiger partial charge in [0, 0.05) is 19.1 Å². The van der Waals surface area contributed by atoms with Crippen LogP contribution in [0.2, 0.25) is 5.02 Å². The zero-order chi connectivity index (χ0) is 14.0. The van der Waals surface area contributed by atoms with Crippen molar-refractivity contribution in [2.24, 2.45) is 5.73 Å². The lowest BCUT2D eigenvalue weighted by Gasteiger charge is -2.22. The van der Waals surface area contributed by atoms with Crippen LogP contribution in [0.1, 0.15) is 18.9 Å². The average molecular weight is 283 g/mol. The number of carbonyl (C=O) groups is 1. The summed E-state index contributed by atoms with van der Waals surface area (Å²) in [4.78, 5) is 13.9. The summed E-state index contributed by atoms with van der Waals surface area (Å²) in [5, 5.41) is 0.517. The molecule has 1 saturated heterocycles. The first-order valence-electron chi connectivity index (χ1n) is 6.44. The first kappa shape index (κ1) is 14.2. The Morgan fingerprint density at radius 1 is 1.58 bits per heavy atom. The van der Waals surface area contributed by atoms with Crippen LogP contribution in [0.15, 0.2) is 18.2 Å². The van der Waals surface area contributed by atoms with E-state index in [1.54, 1.807) is 17.9 Å². The van der Waals surface area contributed by atoms with Crippen LogP contribution in [0, 0.1) is 6.92 Å². The fourth-order valence-electron chi connectivity index (χ4n) is 2.19. The van der Waals surface area contributed by atoms with E-state index in [1.807, 2.05) is 19.1 Å². The van der Waals surface area contributed by atoms with Gasteiger partial charge in [-0.05, 0) is 38.0 Å². The maximum Gasteiger partial charge on any atom is 0.263 e. The second-order valence-electron chi connectivity index (χ2n) is 5.03. The minimum atomic E-state index is -0.551. The molecule has 1 heterocycles. The zero-order valence-electron chi connectivity index (χ0n) is 11.2. The van der Waals surface area contributed by atoms with Crippen LogP contribution in [-0.2, 0) is 4.79 Å². The van der Waals surface area contributed by atoms with Gasteiger partial charge in [-0.15, -0.1) is 0 Å². The van der Waals surface area contributed by atoms with Crippen LogP contribution in [0.5, 0.6) is 5.75 Å². The number of nitrogens with zero attached hydrogens (tertiary/aromatic N) is 1. The number of ether oxygens (including phenoxy) is 1. The number of likely N-dealkylation sites (tertiary alicyclic amines) is 1. The van der Waals surface area contributed by atoms with Crippen molar-refractivity contribution in [3.05, 3.63) is 28.8 Å². The minimum Gasteiger partial charge on any atom is -0.479 e. The normalized spacial score (nSPS) is 20.4. The van der Waals surface area contributed by atoms with Crippen molar-refractivity contribution in [3.8, 4) is 5.75 Å². The lowest BCUT2D eigenvalue weighted by atomic mass is 10.2. The van der Waals surface area contributed by atoms with Crippen molar-refractivity contribution in [2.75, 3.05) is 13.1 Å². The summed E-state index contributed by atoms with van der Waals surface area (Å²) in [6, 6.07) is 5.59. The third-order valence-corrected chi connectivity index (χ3v) is 3.59. The van der Waals surface area contributed by atoms with E-state index in [9.17, 15) is 4.79 Å². The van der Waals surface area contributed by atoms with E-state index in [2.05, 4.69) is 0 Å². The number of hydrogen-bond acceptors (Lipinski definition) is 3. The maximum atomic E-state index is 12.2. The minimum absolute atomic E-state index is 0.0366. The van der Waals surface area contributed by atoms with Crippen molar-refractivity contribution < 1.29 is 9.53 Å². The second kappa shape index (κ2) is 5.80. The molecule has 0 saturated carbocycles. The van der Waals surface area contributed by atoms with Gasteiger partial charge in [0.2, 0.25) is 0 Å². The molecule has 0 spiro atoms. The molecule has 104 valence electrons. The Kier molecular flexibility index (Phi) is 4.32. The van der Waals surface area contributed by atoms with Gasteiger partial charge in [-0.2, -0.15) is 0 Å². The summed E-state index contributed by atoms with van der Waals surface area (Å²) in [7, 11) is 0. The molecule has 5 heteroatoms. The van der Waals surface area contributed by atoms with E-state index in [0.717, 1.165) is 12.0 Å². The summed E-state index contributed by atoms with van der Waals surface area (Å²) in [5.74, 6) is 0.511. The molecule has 19 heavy (non-hydrogen) atoms. The van der Waals surface area contributed by atoms with Crippen LogP contribution in [0.4, 0.5) is 0 Å². The number of rotatable bonds is 3. The first-order chi connectivity index (χ1) is 8.97. The summed E-state index contributed by atoms with van der Waals surface area (Å²) >= 11 is 6.06. The summed E-state index contributed by atoms with van der Waals surface area (Å²) in [5.41, 5.74) is 6.85. The van der Waals surface area contributed by atoms with Crippen molar-refractivity contribution in [1.29, 1.82) is 0 Å². The summed E-state index contributed by atoms with van der Waals surface area (Å²) < 4.78 is 5.67. The van der Waals surface area contributed by atoms with Gasteiger partial charge in [-0.1, -0.05) is 17.7 Å². The SMILES string of the molecule is Cc1ccc(Cl)c(OC(C)C(=O)N2CC[C@@H](N)C2)c1. The van der Waals surface area contributed by atoms with Gasteiger partial charge in [-0.3, -0.25) is 4.79 Å². The molecule has 2 rings (SSSR count). The molecule has 4 nitrogen and oxygen atoms in total. The summed E-state index contributed by atoms with van der Waals surface area (Å²) in [6.07, 6.45) is 0.300. The van der Waals surface area contributed by atoms with E-state index < -0.39 is 6.10 Å². The smallest absolute Gasteiger partial charge is 0.263 e. The van der Waals surface area contributed by atoms with Crippen molar-refractivity contribution >= 4 is 17.5 Å². The molecule has 0 bridgehead atoms. The van der Waals surface area contributed by atoms with Gasteiger partial charge in [0.15, 0.2) is 6.10 Å². The highest BCUT2D eigenvalue weighted by atomic mass is 35.5. The average Bonchev–Trinajstić information content (AvgIpc) is 2.79. The molecule has 1 aromatic rings. The number of nitrogens with two attached hydrogens (primary N) is 1. The van der Waals surface area contributed by atoms with E-state index in [1.165, 1.54) is 0 Å². The first-order valence-corrected chi connectivity index (χ1v) is 6.82. The summed E-state index contributed by atoms with van der Waals surface area (Å²) in [6.45, 7) is 5.00. The Bertz CT molecular complexity index is 479. The number of hydrogen-bond donors (Lipinski definition) is 1. The molecule has 1 aliphatic rings. The Labute approximate surface area is 118 Å². The Balaban J connectivity index is 2.02. The van der Waals surface area contributed by atoms with Gasteiger partial charge in [0.25, 0.3) is 5.91 Å². The molecule has 2 N–H and O–H groups in total. The molecule has 1 unspecified atom stereocenters. The second-order valence-corrected chi connectivity index (χ2v) is 5.43. The van der Waals surface area contributed by atoms with E-state index >= 15 is 0 Å². The number of halogens is 1. The van der Waals surface area contributed by atoms with Crippen LogP contribution in [0.3, 0.4) is 0 Å². The van der Waals surface area contributed by atoms with E-state index in [4.69, 9.17) is 22.1 Å². The third kappa shape index (κ3) is 3.39. The van der Waals surface area contributed by atoms with Gasteiger partial charge in [0.1, 0.15) is 5.75 Å². The molecule has 1 aromatic carbocycles. The van der Waals surface area contributed by atoms with Crippen molar-refractivity contribution in [3.63, 3.8) is 0 Å². The number of carbonyl (C=O) groups excluding carboxylic acids is 1. The Morgan fingerprint density at radius 3 is 2.95 bits per heavy atom. The lowest BCUT2D eigenvalue weighted by Crippen LogP contribution is -2.40. The Hall–Kier alpha value is -1.26. The predicted molar refractivity (Wildman–Crippen MR) is 75.5 cm³/mol. The molecular formula is C14H19ClN2O2. The zero-order valence-corrected chi connectivity index (χ0v) is 12.0. The number of benzene rings is 1. The van der Waals surface area contributed by atoms with Gasteiger partial charge >= 0.3 is 0 Å². The van der Waals surface area contributed by atoms with Gasteiger partial charge in [-0.25, -0.2) is 0 Å². The predicted octanol–water partition coefficient (Wildman–Crippen LogP) is 1.98. The van der Waals surface area contributed by atoms with Crippen LogP contribution in [0.25, 0.3) is 0 Å². The topological polar surface area (TPSA) is 55.6 Å². The molecule has 0 aromatic heterocycles. The highest BCUT2D eigenvalue weighted by Gasteiger charge is 2.28. The fraction of sp³-hybridized carbons (Fsp3) is 0.500. The van der Waals surface area contributed by atoms with E-state index in [0.29, 0.717) is 23.9 Å². The molecule has 0 radical (unpaired) electrons. The molecule has 0 aliphatic carbocycles. The molecule has 1 fully saturated rings. The molecule has 1 aliphatic heterocycles. The standard InChI is InChI=1S/C14H19ClN2O2/c1-9-3-4-12(15)13(7-9)19-10(2)14(18)17-6-5-11(16)8-17/h3-4,7,10-11H,5-6,8,16H2,1-2H3/t10?,11-/m1/s1. The van der Waals surface area contributed by atoms with E-state index in [-0.39, 0.29) is 11.9 Å². The number of aryl methyl sites for hydroxylation is 1. The van der Waals surface area contributed by atoms with Crippen molar-refractivity contribution in [1.82, 2.24) is 4.90 Å². The van der Waals surface area contributed by atoms with Crippen LogP contribution in [-0.4, -0.2) is 36.0 Å². The largest absolute Gasteiger partial charge is 0.479 e. The lowest BCUT2D eigenvalue weighted by molar-refractivity contribution is -0.136. The highest BCUT2D eigenvalue weighted by Crippen LogP contribution is 2.26. The highest BCUT2D eigenvalue weighted by molar-refractivity contribution is 6.32.